The number of aromatic nitrogens is 3. The lowest BCUT2D eigenvalue weighted by molar-refractivity contribution is -0.135. The average molecular weight is 376 g/mol. The minimum Gasteiger partial charge on any atom is -0.465 e. The third-order valence-corrected chi connectivity index (χ3v) is 4.23. The van der Waals surface area contributed by atoms with E-state index in [0.29, 0.717) is 11.1 Å². The van der Waals surface area contributed by atoms with Gasteiger partial charge in [-0.1, -0.05) is 29.3 Å². The molecule has 0 fully saturated rings. The van der Waals surface area contributed by atoms with Crippen molar-refractivity contribution in [2.75, 3.05) is 7.11 Å². The molecule has 1 heterocycles. The van der Waals surface area contributed by atoms with Crippen molar-refractivity contribution in [3.63, 3.8) is 0 Å². The van der Waals surface area contributed by atoms with E-state index in [4.69, 9.17) is 10.5 Å². The molecule has 0 bridgehead atoms. The molecule has 0 aliphatic rings. The highest BCUT2D eigenvalue weighted by Gasteiger charge is 2.25. The number of aryl methyl sites for hydroxylation is 2. The number of Topliss-reactive ketones (excluding diaryl/α,β-unsaturated/α-hetero) is 1. The lowest BCUT2D eigenvalue weighted by Crippen LogP contribution is -2.20. The summed E-state index contributed by atoms with van der Waals surface area (Å²) in [5, 5.41) is 4.06. The van der Waals surface area contributed by atoms with Gasteiger partial charge in [-0.3, -0.25) is 4.79 Å². The lowest BCUT2D eigenvalue weighted by Gasteiger charge is -2.11. The topological polar surface area (TPSA) is 100 Å². The maximum Gasteiger partial charge on any atom is 0.344 e. The van der Waals surface area contributed by atoms with Gasteiger partial charge in [0.25, 0.3) is 0 Å². The Bertz CT molecular complexity index is 1030. The van der Waals surface area contributed by atoms with Crippen LogP contribution in [0.2, 0.25) is 0 Å². The summed E-state index contributed by atoms with van der Waals surface area (Å²) in [5.41, 5.74) is 9.62. The standard InChI is InChI=1S/C21H20N4O3/c1-13-8-14(2)10-16(9-13)20(26)18(21(27)28-3)19(22)15-4-6-17(7-5-15)25-12-23-11-24-25/h4-12H,22H2,1-3H3. The van der Waals surface area contributed by atoms with Gasteiger partial charge in [0, 0.05) is 5.56 Å². The molecule has 0 atom stereocenters. The number of methoxy groups -OCH3 is 1. The second-order valence-electron chi connectivity index (χ2n) is 6.37. The number of benzene rings is 2. The molecule has 0 unspecified atom stereocenters. The summed E-state index contributed by atoms with van der Waals surface area (Å²) in [6, 6.07) is 12.4. The molecule has 0 aliphatic carbocycles. The van der Waals surface area contributed by atoms with Crippen LogP contribution in [0.1, 0.15) is 27.0 Å². The Kier molecular flexibility index (Phi) is 5.35. The van der Waals surface area contributed by atoms with E-state index in [2.05, 4.69) is 10.1 Å². The molecule has 0 saturated carbocycles. The number of rotatable bonds is 5. The van der Waals surface area contributed by atoms with E-state index in [1.54, 1.807) is 47.4 Å². The van der Waals surface area contributed by atoms with Crippen LogP contribution < -0.4 is 5.73 Å². The zero-order chi connectivity index (χ0) is 20.3. The molecule has 3 rings (SSSR count). The van der Waals surface area contributed by atoms with Crippen molar-refractivity contribution in [3.05, 3.63) is 82.9 Å². The number of nitrogens with two attached hydrogens (primary N) is 1. The first-order chi connectivity index (χ1) is 13.4. The number of hydrogen-bond acceptors (Lipinski definition) is 6. The molecule has 28 heavy (non-hydrogen) atoms. The molecule has 1 aromatic heterocycles. The van der Waals surface area contributed by atoms with Crippen LogP contribution in [0.5, 0.6) is 0 Å². The summed E-state index contributed by atoms with van der Waals surface area (Å²) in [5.74, 6) is -1.25. The van der Waals surface area contributed by atoms with E-state index >= 15 is 0 Å². The second kappa shape index (κ2) is 7.87. The number of carbonyl (C=O) groups is 2. The Morgan fingerprint density at radius 2 is 1.64 bits per heavy atom. The Hall–Kier alpha value is -3.74. The largest absolute Gasteiger partial charge is 0.465 e. The summed E-state index contributed by atoms with van der Waals surface area (Å²) in [4.78, 5) is 29.3. The molecule has 3 aromatic rings. The summed E-state index contributed by atoms with van der Waals surface area (Å²) in [6.07, 6.45) is 3.00. The Morgan fingerprint density at radius 1 is 1.00 bits per heavy atom. The van der Waals surface area contributed by atoms with Gasteiger partial charge in [0.05, 0.1) is 18.5 Å². The molecule has 7 heteroatoms. The molecular formula is C21H20N4O3. The highest BCUT2D eigenvalue weighted by Crippen LogP contribution is 2.21. The van der Waals surface area contributed by atoms with Crippen molar-refractivity contribution in [3.8, 4) is 5.69 Å². The predicted molar refractivity (Wildman–Crippen MR) is 105 cm³/mol. The van der Waals surface area contributed by atoms with Crippen LogP contribution in [0.4, 0.5) is 0 Å². The Balaban J connectivity index is 2.05. The number of carbonyl (C=O) groups excluding carboxylic acids is 2. The molecule has 0 amide bonds. The first kappa shape index (κ1) is 19.0. The first-order valence-electron chi connectivity index (χ1n) is 8.57. The zero-order valence-electron chi connectivity index (χ0n) is 15.8. The fraction of sp³-hybridized carbons (Fsp3) is 0.143. The minimum absolute atomic E-state index is 0.0566. The van der Waals surface area contributed by atoms with Gasteiger partial charge in [0.15, 0.2) is 0 Å². The van der Waals surface area contributed by atoms with Crippen LogP contribution >= 0.6 is 0 Å². The fourth-order valence-electron chi connectivity index (χ4n) is 2.96. The number of hydrogen-bond donors (Lipinski definition) is 1. The van der Waals surface area contributed by atoms with Crippen LogP contribution in [0.15, 0.2) is 60.7 Å². The zero-order valence-corrected chi connectivity index (χ0v) is 15.8. The van der Waals surface area contributed by atoms with Crippen LogP contribution in [-0.4, -0.2) is 33.6 Å². The van der Waals surface area contributed by atoms with Gasteiger partial charge in [0.1, 0.15) is 18.2 Å². The van der Waals surface area contributed by atoms with Crippen LogP contribution in [-0.2, 0) is 9.53 Å². The second-order valence-corrected chi connectivity index (χ2v) is 6.37. The SMILES string of the molecule is COC(=O)C(C(=O)c1cc(C)cc(C)c1)=C(N)c1ccc(-n2cncn2)cc1. The lowest BCUT2D eigenvalue weighted by atomic mass is 9.96. The molecule has 0 spiro atoms. The minimum atomic E-state index is -0.776. The third kappa shape index (κ3) is 3.83. The molecule has 2 aromatic carbocycles. The van der Waals surface area contributed by atoms with Crippen molar-refractivity contribution >= 4 is 17.4 Å². The van der Waals surface area contributed by atoms with Gasteiger partial charge in [0.2, 0.25) is 5.78 Å². The normalized spacial score (nSPS) is 11.7. The van der Waals surface area contributed by atoms with E-state index < -0.39 is 11.8 Å². The average Bonchev–Trinajstić information content (AvgIpc) is 3.22. The fourth-order valence-corrected chi connectivity index (χ4v) is 2.96. The molecule has 7 nitrogen and oxygen atoms in total. The summed E-state index contributed by atoms with van der Waals surface area (Å²) >= 11 is 0. The molecule has 0 radical (unpaired) electrons. The quantitative estimate of drug-likeness (QED) is 0.242. The highest BCUT2D eigenvalue weighted by molar-refractivity contribution is 6.28. The number of ketones is 1. The number of nitrogens with zero attached hydrogens (tertiary/aromatic N) is 3. The van der Waals surface area contributed by atoms with Crippen molar-refractivity contribution in [1.29, 1.82) is 0 Å². The van der Waals surface area contributed by atoms with Gasteiger partial charge in [-0.15, -0.1) is 0 Å². The summed E-state index contributed by atoms with van der Waals surface area (Å²) in [7, 11) is 1.22. The van der Waals surface area contributed by atoms with Crippen molar-refractivity contribution in [2.45, 2.75) is 13.8 Å². The molecule has 0 saturated heterocycles. The van der Waals surface area contributed by atoms with Crippen LogP contribution in [0, 0.1) is 13.8 Å². The number of ether oxygens (including phenoxy) is 1. The van der Waals surface area contributed by atoms with Gasteiger partial charge in [-0.2, -0.15) is 5.10 Å². The van der Waals surface area contributed by atoms with Gasteiger partial charge >= 0.3 is 5.97 Å². The van der Waals surface area contributed by atoms with Crippen LogP contribution in [0.3, 0.4) is 0 Å². The van der Waals surface area contributed by atoms with Gasteiger partial charge in [-0.25, -0.2) is 14.5 Å². The number of esters is 1. The first-order valence-corrected chi connectivity index (χ1v) is 8.57. The van der Waals surface area contributed by atoms with Crippen molar-refractivity contribution < 1.29 is 14.3 Å². The van der Waals surface area contributed by atoms with Gasteiger partial charge < -0.3 is 10.5 Å². The smallest absolute Gasteiger partial charge is 0.344 e. The molecular weight excluding hydrogens is 356 g/mol. The van der Waals surface area contributed by atoms with E-state index in [1.165, 1.54) is 13.4 Å². The molecule has 142 valence electrons. The molecule has 0 aliphatic heterocycles. The van der Waals surface area contributed by atoms with E-state index in [0.717, 1.165) is 16.8 Å². The summed E-state index contributed by atoms with van der Waals surface area (Å²) < 4.78 is 6.41. The van der Waals surface area contributed by atoms with Crippen molar-refractivity contribution in [1.82, 2.24) is 14.8 Å². The Labute approximate surface area is 162 Å². The van der Waals surface area contributed by atoms with Crippen molar-refractivity contribution in [2.24, 2.45) is 5.73 Å². The maximum absolute atomic E-state index is 13.1. The predicted octanol–water partition coefficient (Wildman–Crippen LogP) is 2.61. The summed E-state index contributed by atoms with van der Waals surface area (Å²) in [6.45, 7) is 3.77. The maximum atomic E-state index is 13.1. The van der Waals surface area contributed by atoms with Crippen LogP contribution in [0.25, 0.3) is 11.4 Å². The van der Waals surface area contributed by atoms with Gasteiger partial charge in [-0.05, 0) is 43.7 Å². The third-order valence-electron chi connectivity index (χ3n) is 4.23. The van der Waals surface area contributed by atoms with E-state index in [9.17, 15) is 9.59 Å². The Morgan fingerprint density at radius 3 is 2.18 bits per heavy atom. The monoisotopic (exact) mass is 376 g/mol. The van der Waals surface area contributed by atoms with E-state index in [1.807, 2.05) is 19.9 Å². The molecule has 2 N–H and O–H groups in total. The van der Waals surface area contributed by atoms with E-state index in [-0.39, 0.29) is 11.3 Å². The highest BCUT2D eigenvalue weighted by atomic mass is 16.5.